The number of hydrogen-bond acceptors (Lipinski definition) is 5. The molecule has 0 atom stereocenters. The summed E-state index contributed by atoms with van der Waals surface area (Å²) in [5.74, 6) is 0.481. The molecule has 1 aromatic heterocycles. The largest absolute Gasteiger partial charge is 0.480 e. The molecule has 0 radical (unpaired) electrons. The Balaban J connectivity index is 1.86. The molecule has 0 saturated heterocycles. The number of methoxy groups -OCH3 is 1. The molecule has 114 valence electrons. The zero-order valence-electron chi connectivity index (χ0n) is 12.5. The van der Waals surface area contributed by atoms with Crippen molar-refractivity contribution in [3.8, 4) is 5.88 Å². The van der Waals surface area contributed by atoms with Crippen molar-refractivity contribution in [2.75, 3.05) is 32.6 Å². The summed E-state index contributed by atoms with van der Waals surface area (Å²) in [4.78, 5) is 7.44. The van der Waals surface area contributed by atoms with Crippen LogP contribution >= 0.6 is 11.3 Å². The van der Waals surface area contributed by atoms with Crippen LogP contribution in [0.15, 0.2) is 24.3 Å². The molecule has 2 rings (SSSR count). The first-order valence-corrected chi connectivity index (χ1v) is 7.58. The number of ether oxygens (including phenoxy) is 1. The summed E-state index contributed by atoms with van der Waals surface area (Å²) in [5, 5.41) is 4.27. The summed E-state index contributed by atoms with van der Waals surface area (Å²) in [7, 11) is 5.55. The lowest BCUT2D eigenvalue weighted by atomic mass is 10.1. The number of hydrogen-bond donors (Lipinski definition) is 1. The summed E-state index contributed by atoms with van der Waals surface area (Å²) in [5.41, 5.74) is 0.993. The van der Waals surface area contributed by atoms with Gasteiger partial charge < -0.3 is 15.0 Å². The summed E-state index contributed by atoms with van der Waals surface area (Å²) in [6, 6.07) is 6.70. The Labute approximate surface area is 128 Å². The van der Waals surface area contributed by atoms with Gasteiger partial charge in [-0.05, 0) is 30.7 Å². The highest BCUT2D eigenvalue weighted by Crippen LogP contribution is 2.30. The second kappa shape index (κ2) is 7.38. The first-order chi connectivity index (χ1) is 10.1. The molecule has 1 N–H and O–H groups in total. The topological polar surface area (TPSA) is 37.4 Å². The van der Waals surface area contributed by atoms with Crippen molar-refractivity contribution in [3.05, 3.63) is 40.5 Å². The van der Waals surface area contributed by atoms with Crippen LogP contribution in [0.3, 0.4) is 0 Å². The van der Waals surface area contributed by atoms with E-state index in [4.69, 9.17) is 4.74 Å². The van der Waals surface area contributed by atoms with E-state index in [0.717, 1.165) is 28.5 Å². The monoisotopic (exact) mass is 309 g/mol. The molecular weight excluding hydrogens is 289 g/mol. The number of halogens is 1. The van der Waals surface area contributed by atoms with Gasteiger partial charge in [-0.3, -0.25) is 0 Å². The number of rotatable bonds is 7. The van der Waals surface area contributed by atoms with E-state index in [9.17, 15) is 4.39 Å². The quantitative estimate of drug-likeness (QED) is 0.798. The maximum absolute atomic E-state index is 13.1. The van der Waals surface area contributed by atoms with Crippen LogP contribution in [0.5, 0.6) is 5.88 Å². The molecule has 0 aliphatic carbocycles. The standard InChI is InChI=1S/C15H20FN3OS/c1-19(2)15-18-14(20-3)13(21-15)10-17-8-7-11-5-4-6-12(16)9-11/h4-6,9,17H,7-8,10H2,1-3H3. The molecule has 4 nitrogen and oxygen atoms in total. The highest BCUT2D eigenvalue weighted by Gasteiger charge is 2.12. The number of thiazole rings is 1. The predicted octanol–water partition coefficient (Wildman–Crippen LogP) is 2.69. The van der Waals surface area contributed by atoms with Crippen LogP contribution in [0.4, 0.5) is 9.52 Å². The van der Waals surface area contributed by atoms with Gasteiger partial charge in [-0.2, -0.15) is 4.98 Å². The lowest BCUT2D eigenvalue weighted by Crippen LogP contribution is -2.16. The van der Waals surface area contributed by atoms with Crippen LogP contribution in [0.1, 0.15) is 10.4 Å². The van der Waals surface area contributed by atoms with Crippen molar-refractivity contribution in [2.45, 2.75) is 13.0 Å². The lowest BCUT2D eigenvalue weighted by molar-refractivity contribution is 0.395. The van der Waals surface area contributed by atoms with E-state index in [1.54, 1.807) is 30.6 Å². The smallest absolute Gasteiger partial charge is 0.230 e. The molecule has 0 amide bonds. The van der Waals surface area contributed by atoms with Crippen LogP contribution in [-0.2, 0) is 13.0 Å². The van der Waals surface area contributed by atoms with E-state index in [0.29, 0.717) is 12.4 Å². The summed E-state index contributed by atoms with van der Waals surface area (Å²) in [6.07, 6.45) is 0.791. The first kappa shape index (κ1) is 15.7. The van der Waals surface area contributed by atoms with Gasteiger partial charge in [0.2, 0.25) is 5.88 Å². The van der Waals surface area contributed by atoms with Gasteiger partial charge in [0.05, 0.1) is 12.0 Å². The van der Waals surface area contributed by atoms with E-state index in [1.807, 2.05) is 25.1 Å². The van der Waals surface area contributed by atoms with E-state index in [1.165, 1.54) is 6.07 Å². The molecule has 0 saturated carbocycles. The van der Waals surface area contributed by atoms with Crippen LogP contribution in [0, 0.1) is 5.82 Å². The second-order valence-electron chi connectivity index (χ2n) is 4.88. The molecule has 2 aromatic rings. The fraction of sp³-hybridized carbons (Fsp3) is 0.400. The average molecular weight is 309 g/mol. The molecule has 1 heterocycles. The van der Waals surface area contributed by atoms with E-state index < -0.39 is 0 Å². The van der Waals surface area contributed by atoms with Gasteiger partial charge in [0, 0.05) is 20.6 Å². The van der Waals surface area contributed by atoms with Gasteiger partial charge in [0.1, 0.15) is 5.82 Å². The second-order valence-corrected chi connectivity index (χ2v) is 5.94. The van der Waals surface area contributed by atoms with Crippen molar-refractivity contribution < 1.29 is 9.13 Å². The molecule has 21 heavy (non-hydrogen) atoms. The van der Waals surface area contributed by atoms with Crippen LogP contribution in [-0.4, -0.2) is 32.7 Å². The van der Waals surface area contributed by atoms with Gasteiger partial charge in [0.15, 0.2) is 5.13 Å². The average Bonchev–Trinajstić information content (AvgIpc) is 2.87. The van der Waals surface area contributed by atoms with Gasteiger partial charge in [-0.25, -0.2) is 4.39 Å². The number of anilines is 1. The fourth-order valence-corrected chi connectivity index (χ4v) is 2.84. The Hall–Kier alpha value is -1.66. The maximum atomic E-state index is 13.1. The van der Waals surface area contributed by atoms with Crippen molar-refractivity contribution in [3.63, 3.8) is 0 Å². The molecule has 0 aliphatic rings. The number of nitrogens with zero attached hydrogens (tertiary/aromatic N) is 2. The van der Waals surface area contributed by atoms with Crippen LogP contribution < -0.4 is 15.0 Å². The Morgan fingerprint density at radius 2 is 2.19 bits per heavy atom. The summed E-state index contributed by atoms with van der Waals surface area (Å²) < 4.78 is 18.4. The Kier molecular flexibility index (Phi) is 5.52. The molecule has 0 bridgehead atoms. The van der Waals surface area contributed by atoms with Gasteiger partial charge in [-0.1, -0.05) is 23.5 Å². The minimum absolute atomic E-state index is 0.188. The third-order valence-corrected chi connectivity index (χ3v) is 4.20. The highest BCUT2D eigenvalue weighted by atomic mass is 32.1. The summed E-state index contributed by atoms with van der Waals surface area (Å²) in [6.45, 7) is 1.48. The third kappa shape index (κ3) is 4.41. The zero-order valence-corrected chi connectivity index (χ0v) is 13.3. The minimum Gasteiger partial charge on any atom is -0.480 e. The zero-order chi connectivity index (χ0) is 15.2. The van der Waals surface area contributed by atoms with Gasteiger partial charge >= 0.3 is 0 Å². The normalized spacial score (nSPS) is 10.7. The summed E-state index contributed by atoms with van der Waals surface area (Å²) >= 11 is 1.61. The van der Waals surface area contributed by atoms with E-state index >= 15 is 0 Å². The predicted molar refractivity (Wildman–Crippen MR) is 84.8 cm³/mol. The molecule has 0 fully saturated rings. The van der Waals surface area contributed by atoms with Crippen molar-refractivity contribution in [2.24, 2.45) is 0 Å². The Morgan fingerprint density at radius 3 is 2.86 bits per heavy atom. The Bertz CT molecular complexity index is 586. The van der Waals surface area contributed by atoms with Crippen molar-refractivity contribution in [1.82, 2.24) is 10.3 Å². The highest BCUT2D eigenvalue weighted by molar-refractivity contribution is 7.15. The maximum Gasteiger partial charge on any atom is 0.230 e. The molecule has 0 spiro atoms. The molecule has 0 aliphatic heterocycles. The Morgan fingerprint density at radius 1 is 1.38 bits per heavy atom. The van der Waals surface area contributed by atoms with Crippen LogP contribution in [0.2, 0.25) is 0 Å². The molecule has 6 heteroatoms. The fourth-order valence-electron chi connectivity index (χ4n) is 1.92. The molecular formula is C15H20FN3OS. The molecule has 0 unspecified atom stereocenters. The first-order valence-electron chi connectivity index (χ1n) is 6.76. The van der Waals surface area contributed by atoms with Crippen LogP contribution in [0.25, 0.3) is 0 Å². The van der Waals surface area contributed by atoms with E-state index in [2.05, 4.69) is 10.3 Å². The SMILES string of the molecule is COc1nc(N(C)C)sc1CNCCc1cccc(F)c1. The number of nitrogens with one attached hydrogen (secondary N) is 1. The van der Waals surface area contributed by atoms with Gasteiger partial charge in [-0.15, -0.1) is 0 Å². The van der Waals surface area contributed by atoms with E-state index in [-0.39, 0.29) is 5.82 Å². The van der Waals surface area contributed by atoms with Gasteiger partial charge in [0.25, 0.3) is 0 Å². The number of benzene rings is 1. The van der Waals surface area contributed by atoms with Crippen molar-refractivity contribution in [1.29, 1.82) is 0 Å². The number of aromatic nitrogens is 1. The minimum atomic E-state index is -0.188. The lowest BCUT2D eigenvalue weighted by Gasteiger charge is -2.05. The third-order valence-electron chi connectivity index (χ3n) is 2.99. The van der Waals surface area contributed by atoms with Crippen molar-refractivity contribution >= 4 is 16.5 Å². The molecule has 1 aromatic carbocycles.